The minimum absolute atomic E-state index is 0.0467. The van der Waals surface area contributed by atoms with Gasteiger partial charge in [-0.1, -0.05) is 0 Å². The summed E-state index contributed by atoms with van der Waals surface area (Å²) in [4.78, 5) is 11.4. The molecule has 1 aliphatic heterocycles. The maximum absolute atomic E-state index is 13.7. The molecule has 0 spiro atoms. The number of benzene rings is 1. The molecule has 1 aliphatic carbocycles. The minimum Gasteiger partial charge on any atom is -0.494 e. The van der Waals surface area contributed by atoms with Crippen molar-refractivity contribution in [2.75, 3.05) is 11.9 Å². The Hall–Kier alpha value is -2.58. The average Bonchev–Trinajstić information content (AvgIpc) is 3.15. The van der Waals surface area contributed by atoms with Crippen LogP contribution in [0.4, 0.5) is 14.5 Å². The van der Waals surface area contributed by atoms with Crippen LogP contribution < -0.4 is 10.1 Å². The number of unbranched alkanes of at least 4 members (excludes halogenated alkanes) is 1. The van der Waals surface area contributed by atoms with Crippen LogP contribution in [0.2, 0.25) is 0 Å². The second kappa shape index (κ2) is 8.42. The standard InChI is InChI=1S/C20H25F2N5O2/c21-20(22)10-3-4-15(13-20)27-18(24-25-26-27)5-1-2-11-29-16-7-8-17-14(12-16)6-9-19(28)23-17/h7-8,12,15H,1-6,9-11,13H2,(H,23,28). The van der Waals surface area contributed by atoms with Gasteiger partial charge in [-0.2, -0.15) is 0 Å². The number of carbonyl (C=O) groups excluding carboxylic acids is 1. The molecule has 1 unspecified atom stereocenters. The Bertz CT molecular complexity index is 870. The number of hydrogen-bond donors (Lipinski definition) is 1. The monoisotopic (exact) mass is 405 g/mol. The van der Waals surface area contributed by atoms with Crippen molar-refractivity contribution in [1.82, 2.24) is 20.2 Å². The first-order chi connectivity index (χ1) is 14.0. The molecular weight excluding hydrogens is 380 g/mol. The van der Waals surface area contributed by atoms with E-state index in [1.54, 1.807) is 4.68 Å². The normalized spacial score (nSPS) is 20.8. The van der Waals surface area contributed by atoms with Crippen LogP contribution in [0, 0.1) is 0 Å². The largest absolute Gasteiger partial charge is 0.494 e. The van der Waals surface area contributed by atoms with Gasteiger partial charge in [0, 0.05) is 31.4 Å². The first-order valence-corrected chi connectivity index (χ1v) is 10.2. The van der Waals surface area contributed by atoms with Gasteiger partial charge >= 0.3 is 0 Å². The van der Waals surface area contributed by atoms with E-state index in [-0.39, 0.29) is 24.8 Å². The van der Waals surface area contributed by atoms with E-state index in [9.17, 15) is 13.6 Å². The summed E-state index contributed by atoms with van der Waals surface area (Å²) in [7, 11) is 0. The van der Waals surface area contributed by atoms with Crippen LogP contribution in [0.5, 0.6) is 5.75 Å². The van der Waals surface area contributed by atoms with E-state index in [0.717, 1.165) is 36.3 Å². The molecule has 0 radical (unpaired) electrons. The van der Waals surface area contributed by atoms with E-state index >= 15 is 0 Å². The topological polar surface area (TPSA) is 81.9 Å². The number of nitrogens with one attached hydrogen (secondary N) is 1. The summed E-state index contributed by atoms with van der Waals surface area (Å²) < 4.78 is 34.8. The highest BCUT2D eigenvalue weighted by Crippen LogP contribution is 2.39. The summed E-state index contributed by atoms with van der Waals surface area (Å²) in [5.74, 6) is -1.13. The summed E-state index contributed by atoms with van der Waals surface area (Å²) in [5.41, 5.74) is 1.94. The maximum atomic E-state index is 13.7. The molecule has 156 valence electrons. The molecule has 2 heterocycles. The molecule has 29 heavy (non-hydrogen) atoms. The second-order valence-corrected chi connectivity index (χ2v) is 7.82. The van der Waals surface area contributed by atoms with Gasteiger partial charge in [-0.05, 0) is 66.3 Å². The highest BCUT2D eigenvalue weighted by atomic mass is 19.3. The van der Waals surface area contributed by atoms with Crippen LogP contribution in [-0.4, -0.2) is 38.6 Å². The molecule has 9 heteroatoms. The van der Waals surface area contributed by atoms with Gasteiger partial charge in [0.15, 0.2) is 5.82 Å². The molecule has 1 amide bonds. The quantitative estimate of drug-likeness (QED) is 0.710. The van der Waals surface area contributed by atoms with Crippen molar-refractivity contribution in [3.63, 3.8) is 0 Å². The molecule has 0 bridgehead atoms. The first-order valence-electron chi connectivity index (χ1n) is 10.2. The van der Waals surface area contributed by atoms with E-state index in [4.69, 9.17) is 4.74 Å². The fraction of sp³-hybridized carbons (Fsp3) is 0.600. The van der Waals surface area contributed by atoms with Gasteiger partial charge in [0.1, 0.15) is 5.75 Å². The number of ether oxygens (including phenoxy) is 1. The minimum atomic E-state index is -2.63. The molecular formula is C20H25F2N5O2. The summed E-state index contributed by atoms with van der Waals surface area (Å²) in [6.07, 6.45) is 4.42. The van der Waals surface area contributed by atoms with Crippen molar-refractivity contribution < 1.29 is 18.3 Å². The van der Waals surface area contributed by atoms with Crippen molar-refractivity contribution >= 4 is 11.6 Å². The molecule has 7 nitrogen and oxygen atoms in total. The van der Waals surface area contributed by atoms with Crippen LogP contribution >= 0.6 is 0 Å². The van der Waals surface area contributed by atoms with Gasteiger partial charge in [0.25, 0.3) is 0 Å². The predicted molar refractivity (Wildman–Crippen MR) is 102 cm³/mol. The summed E-state index contributed by atoms with van der Waals surface area (Å²) in [6, 6.07) is 5.37. The molecule has 2 aliphatic rings. The van der Waals surface area contributed by atoms with Gasteiger partial charge in [0.05, 0.1) is 12.6 Å². The smallest absolute Gasteiger partial charge is 0.250 e. The zero-order chi connectivity index (χ0) is 20.3. The van der Waals surface area contributed by atoms with E-state index < -0.39 is 5.92 Å². The lowest BCUT2D eigenvalue weighted by molar-refractivity contribution is -0.116. The maximum Gasteiger partial charge on any atom is 0.250 e. The number of tetrazole rings is 1. The van der Waals surface area contributed by atoms with E-state index in [1.807, 2.05) is 18.2 Å². The number of rotatable bonds is 7. The number of halogens is 2. The van der Waals surface area contributed by atoms with E-state index in [1.165, 1.54) is 0 Å². The molecule has 1 saturated carbocycles. The lowest BCUT2D eigenvalue weighted by atomic mass is 9.92. The Kier molecular flexibility index (Phi) is 5.73. The number of carbonyl (C=O) groups is 1. The van der Waals surface area contributed by atoms with Gasteiger partial charge in [0.2, 0.25) is 11.8 Å². The Morgan fingerprint density at radius 1 is 1.28 bits per heavy atom. The Morgan fingerprint density at radius 2 is 2.17 bits per heavy atom. The number of aromatic nitrogens is 4. The number of amides is 1. The third-order valence-corrected chi connectivity index (χ3v) is 5.56. The van der Waals surface area contributed by atoms with Gasteiger partial charge < -0.3 is 10.1 Å². The first kappa shape index (κ1) is 19.7. The van der Waals surface area contributed by atoms with E-state index in [2.05, 4.69) is 20.8 Å². The summed E-state index contributed by atoms with van der Waals surface area (Å²) in [6.45, 7) is 0.550. The summed E-state index contributed by atoms with van der Waals surface area (Å²) >= 11 is 0. The molecule has 1 aromatic heterocycles. The Labute approximate surface area is 167 Å². The third kappa shape index (κ3) is 4.89. The van der Waals surface area contributed by atoms with Gasteiger partial charge in [-0.15, -0.1) is 5.10 Å². The highest BCUT2D eigenvalue weighted by Gasteiger charge is 2.38. The zero-order valence-electron chi connectivity index (χ0n) is 16.2. The SMILES string of the molecule is O=C1CCc2cc(OCCCCc3nnnn3C3CCCC(F)(F)C3)ccc2N1. The van der Waals surface area contributed by atoms with E-state index in [0.29, 0.717) is 38.1 Å². The van der Waals surface area contributed by atoms with Gasteiger partial charge in [-0.3, -0.25) is 4.79 Å². The average molecular weight is 405 g/mol. The number of fused-ring (bicyclic) bond motifs is 1. The van der Waals surface area contributed by atoms with Gasteiger partial charge in [-0.25, -0.2) is 13.5 Å². The zero-order valence-corrected chi connectivity index (χ0v) is 16.2. The Balaban J connectivity index is 1.24. The molecule has 1 aromatic carbocycles. The molecule has 1 N–H and O–H groups in total. The molecule has 2 aromatic rings. The third-order valence-electron chi connectivity index (χ3n) is 5.56. The van der Waals surface area contributed by atoms with Crippen LogP contribution in [0.25, 0.3) is 0 Å². The lowest BCUT2D eigenvalue weighted by Gasteiger charge is -2.29. The second-order valence-electron chi connectivity index (χ2n) is 7.82. The number of alkyl halides is 2. The van der Waals surface area contributed by atoms with Crippen molar-refractivity contribution in [3.05, 3.63) is 29.6 Å². The predicted octanol–water partition coefficient (Wildman–Crippen LogP) is 3.71. The fourth-order valence-electron chi connectivity index (χ4n) is 4.04. The highest BCUT2D eigenvalue weighted by molar-refractivity contribution is 5.93. The Morgan fingerprint density at radius 3 is 3.03 bits per heavy atom. The molecule has 0 saturated heterocycles. The fourth-order valence-corrected chi connectivity index (χ4v) is 4.04. The van der Waals surface area contributed by atoms with Crippen molar-refractivity contribution in [2.24, 2.45) is 0 Å². The van der Waals surface area contributed by atoms with Crippen LogP contribution in [0.15, 0.2) is 18.2 Å². The molecule has 1 atom stereocenters. The molecule has 1 fully saturated rings. The van der Waals surface area contributed by atoms with Crippen molar-refractivity contribution in [3.8, 4) is 5.75 Å². The lowest BCUT2D eigenvalue weighted by Crippen LogP contribution is -2.29. The van der Waals surface area contributed by atoms with Crippen LogP contribution in [0.3, 0.4) is 0 Å². The summed E-state index contributed by atoms with van der Waals surface area (Å²) in [5, 5.41) is 14.5. The van der Waals surface area contributed by atoms with Crippen LogP contribution in [-0.2, 0) is 17.6 Å². The van der Waals surface area contributed by atoms with Crippen LogP contribution in [0.1, 0.15) is 62.4 Å². The van der Waals surface area contributed by atoms with Crippen molar-refractivity contribution in [1.29, 1.82) is 0 Å². The number of anilines is 1. The number of aryl methyl sites for hydroxylation is 2. The molecule has 4 rings (SSSR count). The number of hydrogen-bond acceptors (Lipinski definition) is 5. The van der Waals surface area contributed by atoms with Crippen molar-refractivity contribution in [2.45, 2.75) is 69.8 Å². The number of nitrogens with zero attached hydrogens (tertiary/aromatic N) is 4.